The molecule has 0 heterocycles. The van der Waals surface area contributed by atoms with E-state index < -0.39 is 0 Å². The molecule has 0 saturated heterocycles. The standard InChI is InChI=1S/C17H23NO2/c1-11-3-6-16(20-2)15(7-11)18-17(19)10-14-9-12-4-5-13(14)8-12/h3,6-7,12-14H,4-5,8-10H2,1-2H3,(H,18,19). The monoisotopic (exact) mass is 273 g/mol. The number of aryl methyl sites for hydroxylation is 1. The molecule has 108 valence electrons. The van der Waals surface area contributed by atoms with Gasteiger partial charge in [-0.3, -0.25) is 4.79 Å². The highest BCUT2D eigenvalue weighted by Crippen LogP contribution is 2.49. The summed E-state index contributed by atoms with van der Waals surface area (Å²) in [5.41, 5.74) is 1.92. The molecule has 3 heteroatoms. The summed E-state index contributed by atoms with van der Waals surface area (Å²) in [5, 5.41) is 3.02. The number of hydrogen-bond donors (Lipinski definition) is 1. The summed E-state index contributed by atoms with van der Waals surface area (Å²) in [6.07, 6.45) is 5.98. The summed E-state index contributed by atoms with van der Waals surface area (Å²) in [7, 11) is 1.64. The Morgan fingerprint density at radius 3 is 2.85 bits per heavy atom. The van der Waals surface area contributed by atoms with Crippen LogP contribution in [0.4, 0.5) is 5.69 Å². The first-order valence-corrected chi connectivity index (χ1v) is 7.60. The number of hydrogen-bond acceptors (Lipinski definition) is 2. The first-order valence-electron chi connectivity index (χ1n) is 7.60. The van der Waals surface area contributed by atoms with Crippen LogP contribution in [-0.4, -0.2) is 13.0 Å². The Morgan fingerprint density at radius 2 is 2.20 bits per heavy atom. The van der Waals surface area contributed by atoms with Gasteiger partial charge in [-0.15, -0.1) is 0 Å². The van der Waals surface area contributed by atoms with Crippen LogP contribution in [0.5, 0.6) is 5.75 Å². The smallest absolute Gasteiger partial charge is 0.224 e. The summed E-state index contributed by atoms with van der Waals surface area (Å²) in [4.78, 5) is 12.3. The van der Waals surface area contributed by atoms with Gasteiger partial charge in [-0.1, -0.05) is 12.5 Å². The minimum Gasteiger partial charge on any atom is -0.495 e. The summed E-state index contributed by atoms with van der Waals surface area (Å²) in [5.74, 6) is 3.16. The Morgan fingerprint density at radius 1 is 1.35 bits per heavy atom. The van der Waals surface area contributed by atoms with E-state index >= 15 is 0 Å². The lowest BCUT2D eigenvalue weighted by atomic mass is 9.86. The molecule has 3 nitrogen and oxygen atoms in total. The van der Waals surface area contributed by atoms with Crippen molar-refractivity contribution in [2.45, 2.75) is 39.0 Å². The van der Waals surface area contributed by atoms with Crippen LogP contribution in [0.1, 0.15) is 37.7 Å². The van der Waals surface area contributed by atoms with Crippen molar-refractivity contribution in [3.8, 4) is 5.75 Å². The zero-order valence-corrected chi connectivity index (χ0v) is 12.3. The minimum atomic E-state index is 0.131. The Labute approximate surface area is 120 Å². The number of methoxy groups -OCH3 is 1. The highest BCUT2D eigenvalue weighted by atomic mass is 16.5. The maximum atomic E-state index is 12.3. The van der Waals surface area contributed by atoms with Gasteiger partial charge in [0.1, 0.15) is 5.75 Å². The van der Waals surface area contributed by atoms with Crippen molar-refractivity contribution in [1.29, 1.82) is 0 Å². The number of amides is 1. The third-order valence-electron chi connectivity index (χ3n) is 4.96. The number of rotatable bonds is 4. The Balaban J connectivity index is 1.63. The lowest BCUT2D eigenvalue weighted by Crippen LogP contribution is -2.20. The van der Waals surface area contributed by atoms with Crippen molar-refractivity contribution >= 4 is 11.6 Å². The Hall–Kier alpha value is -1.51. The molecule has 0 aromatic heterocycles. The number of nitrogens with one attached hydrogen (secondary N) is 1. The predicted octanol–water partition coefficient (Wildman–Crippen LogP) is 3.77. The van der Waals surface area contributed by atoms with E-state index in [1.807, 2.05) is 25.1 Å². The van der Waals surface area contributed by atoms with Gasteiger partial charge in [0.15, 0.2) is 0 Å². The largest absolute Gasteiger partial charge is 0.495 e. The van der Waals surface area contributed by atoms with Gasteiger partial charge in [0.25, 0.3) is 0 Å². The van der Waals surface area contributed by atoms with Crippen LogP contribution in [0, 0.1) is 24.7 Å². The molecular weight excluding hydrogens is 250 g/mol. The van der Waals surface area contributed by atoms with Crippen molar-refractivity contribution in [3.05, 3.63) is 23.8 Å². The molecule has 2 saturated carbocycles. The number of fused-ring (bicyclic) bond motifs is 2. The second-order valence-corrected chi connectivity index (χ2v) is 6.39. The number of benzene rings is 1. The summed E-state index contributed by atoms with van der Waals surface area (Å²) < 4.78 is 5.31. The molecule has 0 radical (unpaired) electrons. The van der Waals surface area contributed by atoms with Crippen LogP contribution in [0.3, 0.4) is 0 Å². The fraction of sp³-hybridized carbons (Fsp3) is 0.588. The molecule has 2 bridgehead atoms. The topological polar surface area (TPSA) is 38.3 Å². The van der Waals surface area contributed by atoms with Gasteiger partial charge in [0.05, 0.1) is 12.8 Å². The van der Waals surface area contributed by atoms with Crippen LogP contribution in [0.15, 0.2) is 18.2 Å². The number of carbonyl (C=O) groups is 1. The third kappa shape index (κ3) is 2.67. The molecule has 0 spiro atoms. The maximum absolute atomic E-state index is 12.3. The summed E-state index contributed by atoms with van der Waals surface area (Å²) in [6.45, 7) is 2.02. The van der Waals surface area contributed by atoms with E-state index in [9.17, 15) is 4.79 Å². The highest BCUT2D eigenvalue weighted by molar-refractivity contribution is 5.92. The molecule has 2 fully saturated rings. The van der Waals surface area contributed by atoms with Crippen LogP contribution >= 0.6 is 0 Å². The van der Waals surface area contributed by atoms with Gasteiger partial charge >= 0.3 is 0 Å². The van der Waals surface area contributed by atoms with E-state index in [0.29, 0.717) is 12.3 Å². The van der Waals surface area contributed by atoms with E-state index in [1.54, 1.807) is 7.11 Å². The average molecular weight is 273 g/mol. The molecule has 1 amide bonds. The maximum Gasteiger partial charge on any atom is 0.224 e. The molecule has 3 rings (SSSR count). The van der Waals surface area contributed by atoms with Gasteiger partial charge in [0.2, 0.25) is 5.91 Å². The molecule has 1 N–H and O–H groups in total. The van der Waals surface area contributed by atoms with Crippen molar-refractivity contribution < 1.29 is 9.53 Å². The first kappa shape index (κ1) is 13.5. The van der Waals surface area contributed by atoms with Crippen molar-refractivity contribution in [1.82, 2.24) is 0 Å². The zero-order chi connectivity index (χ0) is 14.1. The Bertz CT molecular complexity index is 512. The fourth-order valence-electron chi connectivity index (χ4n) is 3.99. The van der Waals surface area contributed by atoms with Crippen molar-refractivity contribution in [2.24, 2.45) is 17.8 Å². The van der Waals surface area contributed by atoms with E-state index in [4.69, 9.17) is 4.74 Å². The van der Waals surface area contributed by atoms with Crippen LogP contribution in [0.25, 0.3) is 0 Å². The van der Waals surface area contributed by atoms with Crippen LogP contribution in [-0.2, 0) is 4.79 Å². The molecule has 3 atom stereocenters. The molecule has 0 aliphatic heterocycles. The lowest BCUT2D eigenvalue weighted by molar-refractivity contribution is -0.117. The van der Waals surface area contributed by atoms with Crippen LogP contribution < -0.4 is 10.1 Å². The van der Waals surface area contributed by atoms with Gasteiger partial charge < -0.3 is 10.1 Å². The number of anilines is 1. The molecule has 1 aromatic carbocycles. The van der Waals surface area contributed by atoms with E-state index in [0.717, 1.165) is 28.8 Å². The number of carbonyl (C=O) groups excluding carboxylic acids is 1. The molecule has 2 aliphatic carbocycles. The Kier molecular flexibility index (Phi) is 3.68. The number of ether oxygens (including phenoxy) is 1. The second kappa shape index (κ2) is 5.47. The second-order valence-electron chi connectivity index (χ2n) is 6.39. The van der Waals surface area contributed by atoms with Crippen molar-refractivity contribution in [2.75, 3.05) is 12.4 Å². The van der Waals surface area contributed by atoms with E-state index in [1.165, 1.54) is 25.7 Å². The summed E-state index contributed by atoms with van der Waals surface area (Å²) >= 11 is 0. The molecule has 2 aliphatic rings. The van der Waals surface area contributed by atoms with Gasteiger partial charge in [-0.2, -0.15) is 0 Å². The van der Waals surface area contributed by atoms with E-state index in [2.05, 4.69) is 5.32 Å². The van der Waals surface area contributed by atoms with E-state index in [-0.39, 0.29) is 5.91 Å². The SMILES string of the molecule is COc1ccc(C)cc1NC(=O)CC1CC2CCC1C2. The minimum absolute atomic E-state index is 0.131. The molecule has 3 unspecified atom stereocenters. The summed E-state index contributed by atoms with van der Waals surface area (Å²) in [6, 6.07) is 5.87. The fourth-order valence-corrected chi connectivity index (χ4v) is 3.99. The molecule has 20 heavy (non-hydrogen) atoms. The quantitative estimate of drug-likeness (QED) is 0.907. The highest BCUT2D eigenvalue weighted by Gasteiger charge is 2.40. The lowest BCUT2D eigenvalue weighted by Gasteiger charge is -2.21. The average Bonchev–Trinajstić information content (AvgIpc) is 3.01. The predicted molar refractivity (Wildman–Crippen MR) is 79.9 cm³/mol. The molecule has 1 aromatic rings. The van der Waals surface area contributed by atoms with Crippen molar-refractivity contribution in [3.63, 3.8) is 0 Å². The first-order chi connectivity index (χ1) is 9.65. The van der Waals surface area contributed by atoms with Gasteiger partial charge in [-0.25, -0.2) is 0 Å². The van der Waals surface area contributed by atoms with Gasteiger partial charge in [-0.05, 0) is 61.6 Å². The molecular formula is C17H23NO2. The normalized spacial score (nSPS) is 27.6. The van der Waals surface area contributed by atoms with Gasteiger partial charge in [0, 0.05) is 6.42 Å². The zero-order valence-electron chi connectivity index (χ0n) is 12.3. The third-order valence-corrected chi connectivity index (χ3v) is 4.96. The van der Waals surface area contributed by atoms with Crippen LogP contribution in [0.2, 0.25) is 0 Å².